The summed E-state index contributed by atoms with van der Waals surface area (Å²) in [5.41, 5.74) is 0.248. The third kappa shape index (κ3) is 2.80. The molecule has 19 heavy (non-hydrogen) atoms. The van der Waals surface area contributed by atoms with E-state index in [1.54, 1.807) is 0 Å². The van der Waals surface area contributed by atoms with Crippen LogP contribution in [0.25, 0.3) is 0 Å². The zero-order chi connectivity index (χ0) is 13.9. The van der Waals surface area contributed by atoms with Crippen LogP contribution in [0.5, 0.6) is 6.01 Å². The predicted molar refractivity (Wildman–Crippen MR) is 64.9 cm³/mol. The van der Waals surface area contributed by atoms with Crippen molar-refractivity contribution in [3.63, 3.8) is 0 Å². The molecule has 1 aromatic heterocycles. The highest BCUT2D eigenvalue weighted by Gasteiger charge is 2.17. The van der Waals surface area contributed by atoms with Gasteiger partial charge in [0, 0.05) is 0 Å². The van der Waals surface area contributed by atoms with Gasteiger partial charge in [0.25, 0.3) is 10.0 Å². The molecule has 98 valence electrons. The molecule has 0 unspecified atom stereocenters. The number of hydrogen-bond acceptors (Lipinski definition) is 6. The number of nitrogens with one attached hydrogen (secondary N) is 2. The molecule has 8 nitrogen and oxygen atoms in total. The highest BCUT2D eigenvalue weighted by atomic mass is 32.2. The van der Waals surface area contributed by atoms with Crippen LogP contribution in [-0.2, 0) is 10.0 Å². The summed E-state index contributed by atoms with van der Waals surface area (Å²) in [5, 5.41) is 14.7. The van der Waals surface area contributed by atoms with Gasteiger partial charge in [-0.1, -0.05) is 6.07 Å². The summed E-state index contributed by atoms with van der Waals surface area (Å²) < 4.78 is 31.0. The first-order valence-corrected chi connectivity index (χ1v) is 6.53. The Morgan fingerprint density at radius 1 is 1.47 bits per heavy atom. The molecule has 0 aliphatic carbocycles. The molecule has 9 heteroatoms. The summed E-state index contributed by atoms with van der Waals surface area (Å²) in [6.07, 6.45) is 0. The van der Waals surface area contributed by atoms with Gasteiger partial charge in [0.05, 0.1) is 23.6 Å². The van der Waals surface area contributed by atoms with Gasteiger partial charge in [0.15, 0.2) is 0 Å². The minimum absolute atomic E-state index is 0.0171. The molecule has 0 radical (unpaired) electrons. The molecule has 0 amide bonds. The molecule has 0 bridgehead atoms. The van der Waals surface area contributed by atoms with Gasteiger partial charge in [-0.05, 0) is 18.2 Å². The van der Waals surface area contributed by atoms with Crippen molar-refractivity contribution in [3.05, 3.63) is 29.8 Å². The Labute approximate surface area is 109 Å². The summed E-state index contributed by atoms with van der Waals surface area (Å²) in [6.45, 7) is 0. The van der Waals surface area contributed by atoms with Crippen molar-refractivity contribution in [3.8, 4) is 12.1 Å². The Kier molecular flexibility index (Phi) is 3.35. The maximum absolute atomic E-state index is 12.0. The first-order valence-electron chi connectivity index (χ1n) is 5.04. The number of methoxy groups -OCH3 is 1. The number of anilines is 1. The summed E-state index contributed by atoms with van der Waals surface area (Å²) in [6, 6.07) is 7.51. The average molecular weight is 279 g/mol. The SMILES string of the molecule is COc1n[nH]c(NS(=O)(=O)c2cccc(C#N)c2)n1. The summed E-state index contributed by atoms with van der Waals surface area (Å²) in [7, 11) is -2.47. The van der Waals surface area contributed by atoms with Gasteiger partial charge in [0.1, 0.15) is 0 Å². The second-order valence-corrected chi connectivity index (χ2v) is 5.10. The van der Waals surface area contributed by atoms with E-state index in [1.165, 1.54) is 31.4 Å². The topological polar surface area (TPSA) is 121 Å². The minimum Gasteiger partial charge on any atom is -0.466 e. The van der Waals surface area contributed by atoms with Crippen LogP contribution in [0.2, 0.25) is 0 Å². The number of rotatable bonds is 4. The Bertz CT molecular complexity index is 732. The van der Waals surface area contributed by atoms with Gasteiger partial charge in [-0.2, -0.15) is 10.2 Å². The number of aromatic amines is 1. The largest absolute Gasteiger partial charge is 0.466 e. The Balaban J connectivity index is 2.29. The number of sulfonamides is 1. The van der Waals surface area contributed by atoms with Crippen molar-refractivity contribution in [1.29, 1.82) is 5.26 Å². The Morgan fingerprint density at radius 3 is 2.89 bits per heavy atom. The molecule has 2 rings (SSSR count). The quantitative estimate of drug-likeness (QED) is 0.839. The van der Waals surface area contributed by atoms with Gasteiger partial charge in [-0.25, -0.2) is 18.2 Å². The first kappa shape index (κ1) is 12.8. The van der Waals surface area contributed by atoms with E-state index in [4.69, 9.17) is 10.00 Å². The molecule has 2 N–H and O–H groups in total. The molecule has 0 spiro atoms. The molecule has 0 fully saturated rings. The normalized spacial score (nSPS) is 10.7. The van der Waals surface area contributed by atoms with Crippen molar-refractivity contribution >= 4 is 16.0 Å². The number of aromatic nitrogens is 3. The highest BCUT2D eigenvalue weighted by molar-refractivity contribution is 7.92. The highest BCUT2D eigenvalue weighted by Crippen LogP contribution is 2.15. The fraction of sp³-hybridized carbons (Fsp3) is 0.100. The number of benzene rings is 1. The second-order valence-electron chi connectivity index (χ2n) is 3.42. The van der Waals surface area contributed by atoms with Crippen molar-refractivity contribution in [2.45, 2.75) is 4.90 Å². The monoisotopic (exact) mass is 279 g/mol. The fourth-order valence-electron chi connectivity index (χ4n) is 1.30. The molecule has 0 aliphatic rings. The molecule has 1 heterocycles. The Hall–Kier alpha value is -2.60. The van der Waals surface area contributed by atoms with E-state index in [-0.39, 0.29) is 22.4 Å². The minimum atomic E-state index is -3.83. The zero-order valence-corrected chi connectivity index (χ0v) is 10.6. The number of H-pyrrole nitrogens is 1. The van der Waals surface area contributed by atoms with Crippen LogP contribution in [0, 0.1) is 11.3 Å². The average Bonchev–Trinajstić information content (AvgIpc) is 2.85. The van der Waals surface area contributed by atoms with Crippen molar-refractivity contribution in [2.24, 2.45) is 0 Å². The zero-order valence-electron chi connectivity index (χ0n) is 9.78. The molecule has 2 aromatic rings. The number of nitriles is 1. The van der Waals surface area contributed by atoms with E-state index in [0.717, 1.165) is 0 Å². The van der Waals surface area contributed by atoms with Gasteiger partial charge in [-0.15, -0.1) is 5.10 Å². The van der Waals surface area contributed by atoms with Crippen LogP contribution >= 0.6 is 0 Å². The number of ether oxygens (including phenoxy) is 1. The van der Waals surface area contributed by atoms with Gasteiger partial charge >= 0.3 is 6.01 Å². The van der Waals surface area contributed by atoms with E-state index in [2.05, 4.69) is 19.9 Å². The maximum atomic E-state index is 12.0. The third-order valence-corrected chi connectivity index (χ3v) is 3.49. The van der Waals surface area contributed by atoms with Crippen LogP contribution in [0.4, 0.5) is 5.95 Å². The van der Waals surface area contributed by atoms with Crippen LogP contribution < -0.4 is 9.46 Å². The van der Waals surface area contributed by atoms with E-state index in [9.17, 15) is 8.42 Å². The summed E-state index contributed by atoms with van der Waals surface area (Å²) >= 11 is 0. The predicted octanol–water partition coefficient (Wildman–Crippen LogP) is 0.486. The smallest absolute Gasteiger partial charge is 0.336 e. The fourth-order valence-corrected chi connectivity index (χ4v) is 2.31. The van der Waals surface area contributed by atoms with E-state index in [0.29, 0.717) is 0 Å². The van der Waals surface area contributed by atoms with E-state index >= 15 is 0 Å². The molecular weight excluding hydrogens is 270 g/mol. The lowest BCUT2D eigenvalue weighted by Gasteiger charge is -2.04. The summed E-state index contributed by atoms with van der Waals surface area (Å²) in [5.74, 6) is -0.0702. The lowest BCUT2D eigenvalue weighted by Crippen LogP contribution is -2.14. The maximum Gasteiger partial charge on any atom is 0.336 e. The van der Waals surface area contributed by atoms with Crippen molar-refractivity contribution < 1.29 is 13.2 Å². The van der Waals surface area contributed by atoms with Crippen LogP contribution in [0.3, 0.4) is 0 Å². The van der Waals surface area contributed by atoms with Gasteiger partial charge in [-0.3, -0.25) is 0 Å². The molecular formula is C10H9N5O3S. The second kappa shape index (κ2) is 4.95. The van der Waals surface area contributed by atoms with Gasteiger partial charge < -0.3 is 4.74 Å². The van der Waals surface area contributed by atoms with Crippen LogP contribution in [0.15, 0.2) is 29.2 Å². The molecule has 0 aliphatic heterocycles. The van der Waals surface area contributed by atoms with Crippen molar-refractivity contribution in [2.75, 3.05) is 11.8 Å². The summed E-state index contributed by atoms with van der Waals surface area (Å²) in [4.78, 5) is 3.70. The lowest BCUT2D eigenvalue weighted by atomic mass is 10.2. The molecule has 1 aromatic carbocycles. The van der Waals surface area contributed by atoms with Crippen LogP contribution in [-0.4, -0.2) is 30.7 Å². The van der Waals surface area contributed by atoms with Crippen molar-refractivity contribution in [1.82, 2.24) is 15.2 Å². The number of hydrogen-bond donors (Lipinski definition) is 2. The Morgan fingerprint density at radius 2 is 2.26 bits per heavy atom. The first-order chi connectivity index (χ1) is 9.05. The molecule has 0 saturated heterocycles. The van der Waals surface area contributed by atoms with Crippen LogP contribution in [0.1, 0.15) is 5.56 Å². The lowest BCUT2D eigenvalue weighted by molar-refractivity contribution is 0.382. The molecule has 0 atom stereocenters. The van der Waals surface area contributed by atoms with E-state index in [1.807, 2.05) is 6.07 Å². The standard InChI is InChI=1S/C10H9N5O3S/c1-18-10-12-9(13-14-10)15-19(16,17)8-4-2-3-7(5-8)6-11/h2-5H,1H3,(H2,12,13,14,15). The van der Waals surface area contributed by atoms with Gasteiger partial charge in [0.2, 0.25) is 5.95 Å². The number of nitrogens with zero attached hydrogens (tertiary/aromatic N) is 3. The molecule has 0 saturated carbocycles. The van der Waals surface area contributed by atoms with E-state index < -0.39 is 10.0 Å². The third-order valence-electron chi connectivity index (χ3n) is 2.15.